The summed E-state index contributed by atoms with van der Waals surface area (Å²) in [7, 11) is 1.35. The van der Waals surface area contributed by atoms with E-state index in [0.717, 1.165) is 11.1 Å². The third kappa shape index (κ3) is 6.11. The van der Waals surface area contributed by atoms with Crippen LogP contribution < -0.4 is 16.2 Å². The number of amides is 2. The van der Waals surface area contributed by atoms with E-state index in [1.807, 2.05) is 48.5 Å². The highest BCUT2D eigenvalue weighted by Gasteiger charge is 2.35. The minimum absolute atomic E-state index is 0. The molecule has 0 saturated carbocycles. The fourth-order valence-corrected chi connectivity index (χ4v) is 3.69. The summed E-state index contributed by atoms with van der Waals surface area (Å²) in [6.07, 6.45) is 0.895. The number of primary amides is 1. The molecule has 2 atom stereocenters. The van der Waals surface area contributed by atoms with Crippen LogP contribution in [0.15, 0.2) is 48.5 Å². The first-order chi connectivity index (χ1) is 14.4. The molecule has 0 radical (unpaired) electrons. The molecule has 1 heterocycles. The van der Waals surface area contributed by atoms with Gasteiger partial charge in [0.25, 0.3) is 0 Å². The van der Waals surface area contributed by atoms with Crippen LogP contribution in [0.5, 0.6) is 5.75 Å². The number of urea groups is 1. The molecule has 8 nitrogen and oxygen atoms in total. The van der Waals surface area contributed by atoms with E-state index < -0.39 is 6.03 Å². The van der Waals surface area contributed by atoms with E-state index in [1.54, 1.807) is 4.90 Å². The predicted molar refractivity (Wildman–Crippen MR) is 120 cm³/mol. The number of nitrogen functional groups attached to an aromatic ring is 1. The molecule has 31 heavy (non-hydrogen) atoms. The summed E-state index contributed by atoms with van der Waals surface area (Å²) >= 11 is 0. The lowest BCUT2D eigenvalue weighted by molar-refractivity contribution is -0.141. The van der Waals surface area contributed by atoms with Crippen molar-refractivity contribution in [1.29, 1.82) is 5.41 Å². The molecule has 1 aliphatic heterocycles. The van der Waals surface area contributed by atoms with Crippen LogP contribution in [-0.4, -0.2) is 49.0 Å². The zero-order valence-electron chi connectivity index (χ0n) is 17.2. The second-order valence-corrected chi connectivity index (χ2v) is 7.35. The number of nitrogens with two attached hydrogens (primary N) is 2. The van der Waals surface area contributed by atoms with Gasteiger partial charge in [-0.15, -0.1) is 12.4 Å². The van der Waals surface area contributed by atoms with Crippen molar-refractivity contribution in [2.24, 2.45) is 17.4 Å². The number of amidine groups is 1. The zero-order valence-corrected chi connectivity index (χ0v) is 18.1. The summed E-state index contributed by atoms with van der Waals surface area (Å²) in [6.45, 7) is 0.723. The summed E-state index contributed by atoms with van der Waals surface area (Å²) in [5.41, 5.74) is 13.7. The third-order valence-electron chi connectivity index (χ3n) is 5.29. The number of methoxy groups -OCH3 is 1. The topological polar surface area (TPSA) is 132 Å². The van der Waals surface area contributed by atoms with Gasteiger partial charge in [0.05, 0.1) is 19.6 Å². The van der Waals surface area contributed by atoms with Crippen LogP contribution in [0.4, 0.5) is 4.79 Å². The van der Waals surface area contributed by atoms with E-state index in [4.69, 9.17) is 26.4 Å². The largest absolute Gasteiger partial charge is 0.491 e. The van der Waals surface area contributed by atoms with Gasteiger partial charge < -0.3 is 25.8 Å². The molecule has 9 heteroatoms. The molecule has 2 amide bonds. The molecule has 0 spiro atoms. The number of hydrogen-bond donors (Lipinski definition) is 3. The van der Waals surface area contributed by atoms with Crippen LogP contribution in [0.1, 0.15) is 18.4 Å². The molecule has 3 rings (SSSR count). The maximum absolute atomic E-state index is 11.7. The number of esters is 1. The van der Waals surface area contributed by atoms with Crippen molar-refractivity contribution in [2.75, 3.05) is 20.3 Å². The summed E-state index contributed by atoms with van der Waals surface area (Å²) in [5, 5.41) is 7.46. The van der Waals surface area contributed by atoms with Crippen LogP contribution in [-0.2, 0) is 9.53 Å². The Morgan fingerprint density at radius 3 is 2.16 bits per heavy atom. The van der Waals surface area contributed by atoms with Gasteiger partial charge in [0, 0.05) is 12.1 Å². The van der Waals surface area contributed by atoms with E-state index in [2.05, 4.69) is 0 Å². The Labute approximate surface area is 187 Å². The van der Waals surface area contributed by atoms with Gasteiger partial charge in [-0.3, -0.25) is 10.2 Å². The quantitative estimate of drug-likeness (QED) is 0.342. The number of carbonyl (C=O) groups excluding carboxylic acids is 2. The van der Waals surface area contributed by atoms with E-state index in [9.17, 15) is 9.59 Å². The van der Waals surface area contributed by atoms with Gasteiger partial charge in [0.1, 0.15) is 18.2 Å². The minimum Gasteiger partial charge on any atom is -0.491 e. The highest BCUT2D eigenvalue weighted by molar-refractivity contribution is 5.95. The predicted octanol–water partition coefficient (Wildman–Crippen LogP) is 2.77. The molecular formula is C22H27ClN4O4. The van der Waals surface area contributed by atoms with Gasteiger partial charge in [-0.05, 0) is 35.6 Å². The first-order valence-corrected chi connectivity index (χ1v) is 9.68. The lowest BCUT2D eigenvalue weighted by atomic mass is 10.0. The lowest BCUT2D eigenvalue weighted by Crippen LogP contribution is -2.42. The standard InChI is InChI=1S/C22H26N4O4.ClH/c1-29-20(27)11-14-10-18(26(12-14)22(25)28)13-30-19-8-6-16(7-9-19)15-2-4-17(5-3-15)21(23)24;/h2-9,14,18H,10-13H2,1H3,(H3,23,24)(H2,25,28);1H/t14-,18-;/m0./s1. The number of carbonyl (C=O) groups is 2. The van der Waals surface area contributed by atoms with Crippen molar-refractivity contribution >= 4 is 30.2 Å². The molecule has 1 aliphatic rings. The van der Waals surface area contributed by atoms with E-state index in [-0.39, 0.29) is 42.6 Å². The smallest absolute Gasteiger partial charge is 0.315 e. The van der Waals surface area contributed by atoms with Gasteiger partial charge in [0.2, 0.25) is 0 Å². The second kappa shape index (κ2) is 10.7. The number of ether oxygens (including phenoxy) is 2. The van der Waals surface area contributed by atoms with Crippen LogP contribution >= 0.6 is 12.4 Å². The number of benzene rings is 2. The SMILES string of the molecule is COC(=O)C[C@@H]1C[C@@H](COc2ccc(-c3ccc(C(=N)N)cc3)cc2)N(C(N)=O)C1.Cl. The molecule has 2 aromatic rings. The zero-order chi connectivity index (χ0) is 21.7. The Hall–Kier alpha value is -3.26. The van der Waals surface area contributed by atoms with Gasteiger partial charge in [-0.1, -0.05) is 36.4 Å². The summed E-state index contributed by atoms with van der Waals surface area (Å²) in [4.78, 5) is 24.8. The van der Waals surface area contributed by atoms with Crippen molar-refractivity contribution in [2.45, 2.75) is 18.9 Å². The molecule has 0 bridgehead atoms. The minimum atomic E-state index is -0.514. The van der Waals surface area contributed by atoms with Gasteiger partial charge >= 0.3 is 12.0 Å². The molecular weight excluding hydrogens is 420 g/mol. The highest BCUT2D eigenvalue weighted by atomic mass is 35.5. The Kier molecular flexibility index (Phi) is 8.27. The number of halogens is 1. The summed E-state index contributed by atoms with van der Waals surface area (Å²) in [6, 6.07) is 14.4. The Morgan fingerprint density at radius 1 is 1.06 bits per heavy atom. The molecule has 1 saturated heterocycles. The first kappa shape index (κ1) is 24.0. The Morgan fingerprint density at radius 2 is 1.65 bits per heavy atom. The van der Waals surface area contributed by atoms with Crippen molar-refractivity contribution in [3.05, 3.63) is 54.1 Å². The number of nitrogens with one attached hydrogen (secondary N) is 1. The van der Waals surface area contributed by atoms with Crippen LogP contribution in [0, 0.1) is 11.3 Å². The number of nitrogens with zero attached hydrogens (tertiary/aromatic N) is 1. The van der Waals surface area contributed by atoms with Crippen molar-refractivity contribution in [1.82, 2.24) is 4.90 Å². The number of hydrogen-bond acceptors (Lipinski definition) is 5. The summed E-state index contributed by atoms with van der Waals surface area (Å²) < 4.78 is 10.6. The Bertz CT molecular complexity index is 918. The third-order valence-corrected chi connectivity index (χ3v) is 5.29. The maximum Gasteiger partial charge on any atom is 0.315 e. The maximum atomic E-state index is 11.7. The normalized spacial score (nSPS) is 17.5. The molecule has 0 aromatic heterocycles. The molecule has 0 unspecified atom stereocenters. The lowest BCUT2D eigenvalue weighted by Gasteiger charge is -2.22. The Balaban J connectivity index is 0.00000341. The van der Waals surface area contributed by atoms with E-state index >= 15 is 0 Å². The molecule has 0 aliphatic carbocycles. The average molecular weight is 447 g/mol. The first-order valence-electron chi connectivity index (χ1n) is 9.68. The van der Waals surface area contributed by atoms with Crippen LogP contribution in [0.2, 0.25) is 0 Å². The van der Waals surface area contributed by atoms with Crippen molar-refractivity contribution in [3.8, 4) is 16.9 Å². The summed E-state index contributed by atoms with van der Waals surface area (Å²) in [5.74, 6) is 0.438. The molecule has 166 valence electrons. The fourth-order valence-electron chi connectivity index (χ4n) is 3.69. The van der Waals surface area contributed by atoms with Gasteiger partial charge in [-0.25, -0.2) is 4.79 Å². The molecule has 2 aromatic carbocycles. The van der Waals surface area contributed by atoms with Crippen LogP contribution in [0.3, 0.4) is 0 Å². The highest BCUT2D eigenvalue weighted by Crippen LogP contribution is 2.28. The van der Waals surface area contributed by atoms with Gasteiger partial charge in [-0.2, -0.15) is 0 Å². The number of rotatable bonds is 7. The molecule has 5 N–H and O–H groups in total. The number of likely N-dealkylation sites (tertiary alicyclic amines) is 1. The van der Waals surface area contributed by atoms with E-state index in [0.29, 0.717) is 30.9 Å². The van der Waals surface area contributed by atoms with E-state index in [1.165, 1.54) is 7.11 Å². The van der Waals surface area contributed by atoms with Crippen molar-refractivity contribution < 1.29 is 19.1 Å². The monoisotopic (exact) mass is 446 g/mol. The average Bonchev–Trinajstić information content (AvgIpc) is 3.15. The molecule has 1 fully saturated rings. The second-order valence-electron chi connectivity index (χ2n) is 7.35. The fraction of sp³-hybridized carbons (Fsp3) is 0.318. The van der Waals surface area contributed by atoms with Crippen molar-refractivity contribution in [3.63, 3.8) is 0 Å². The van der Waals surface area contributed by atoms with Gasteiger partial charge in [0.15, 0.2) is 0 Å². The van der Waals surface area contributed by atoms with Crippen LogP contribution in [0.25, 0.3) is 11.1 Å².